The first-order valence-electron chi connectivity index (χ1n) is 10.4. The van der Waals surface area contributed by atoms with E-state index >= 15 is 0 Å². The van der Waals surface area contributed by atoms with Gasteiger partial charge in [-0.1, -0.05) is 0 Å². The third-order valence-corrected chi connectivity index (χ3v) is 5.63. The van der Waals surface area contributed by atoms with Gasteiger partial charge in [0.05, 0.1) is 5.69 Å². The Kier molecular flexibility index (Phi) is 5.13. The van der Waals surface area contributed by atoms with Crippen LogP contribution in [0.1, 0.15) is 12.6 Å². The molecule has 0 bridgehead atoms. The number of fused-ring (bicyclic) bond motifs is 1. The number of aromatic amines is 2. The molecule has 1 saturated heterocycles. The number of carbonyl (C=O) groups is 1. The average molecular weight is 416 g/mol. The van der Waals surface area contributed by atoms with E-state index in [0.29, 0.717) is 5.88 Å². The van der Waals surface area contributed by atoms with Crippen molar-refractivity contribution in [2.75, 3.05) is 26.2 Å². The Bertz CT molecular complexity index is 1170. The van der Waals surface area contributed by atoms with Crippen molar-refractivity contribution in [2.24, 2.45) is 0 Å². The molecule has 0 aliphatic carbocycles. The van der Waals surface area contributed by atoms with Gasteiger partial charge >= 0.3 is 0 Å². The molecule has 1 fully saturated rings. The topological polar surface area (TPSA) is 90.1 Å². The van der Waals surface area contributed by atoms with Gasteiger partial charge in [0.2, 0.25) is 11.8 Å². The molecule has 0 unspecified atom stereocenters. The number of benzene rings is 1. The molecule has 1 aliphatic heterocycles. The zero-order valence-corrected chi connectivity index (χ0v) is 17.3. The summed E-state index contributed by atoms with van der Waals surface area (Å²) in [6, 6.07) is 13.9. The highest BCUT2D eigenvalue weighted by Gasteiger charge is 2.19. The third-order valence-electron chi connectivity index (χ3n) is 5.63. The Morgan fingerprint density at radius 2 is 1.97 bits per heavy atom. The molecule has 0 spiro atoms. The largest absolute Gasteiger partial charge is 0.439 e. The Labute approximate surface area is 179 Å². The lowest BCUT2D eigenvalue weighted by Crippen LogP contribution is -2.47. The smallest absolute Gasteiger partial charge is 0.219 e. The van der Waals surface area contributed by atoms with Crippen LogP contribution >= 0.6 is 0 Å². The van der Waals surface area contributed by atoms with Gasteiger partial charge in [0, 0.05) is 80.3 Å². The summed E-state index contributed by atoms with van der Waals surface area (Å²) in [4.78, 5) is 23.7. The molecule has 4 aromatic rings. The molecule has 8 heteroatoms. The van der Waals surface area contributed by atoms with Gasteiger partial charge in [-0.15, -0.1) is 0 Å². The molecule has 1 aliphatic rings. The highest BCUT2D eigenvalue weighted by atomic mass is 16.5. The van der Waals surface area contributed by atoms with Crippen molar-refractivity contribution in [3.05, 3.63) is 60.6 Å². The zero-order chi connectivity index (χ0) is 21.2. The molecule has 0 saturated carbocycles. The Morgan fingerprint density at radius 3 is 2.68 bits per heavy atom. The van der Waals surface area contributed by atoms with E-state index in [1.54, 1.807) is 19.3 Å². The van der Waals surface area contributed by atoms with Crippen LogP contribution in [0.25, 0.3) is 22.2 Å². The number of nitrogens with zero attached hydrogens (tertiary/aromatic N) is 4. The van der Waals surface area contributed by atoms with Crippen LogP contribution in [0, 0.1) is 0 Å². The number of pyridine rings is 1. The molecule has 0 radical (unpaired) electrons. The number of hydrogen-bond donors (Lipinski definition) is 2. The van der Waals surface area contributed by atoms with Crippen molar-refractivity contribution < 1.29 is 9.53 Å². The monoisotopic (exact) mass is 416 g/mol. The number of piperazine rings is 1. The first-order valence-corrected chi connectivity index (χ1v) is 10.4. The number of ether oxygens (including phenoxy) is 1. The van der Waals surface area contributed by atoms with Crippen molar-refractivity contribution >= 4 is 16.8 Å². The molecule has 0 atom stereocenters. The van der Waals surface area contributed by atoms with E-state index in [4.69, 9.17) is 4.74 Å². The third kappa shape index (κ3) is 4.29. The van der Waals surface area contributed by atoms with Gasteiger partial charge in [0.15, 0.2) is 0 Å². The van der Waals surface area contributed by atoms with Crippen LogP contribution in [0.15, 0.2) is 54.9 Å². The first kappa shape index (κ1) is 19.3. The lowest BCUT2D eigenvalue weighted by atomic mass is 10.2. The fourth-order valence-electron chi connectivity index (χ4n) is 3.92. The number of carbonyl (C=O) groups excluding carboxylic acids is 1. The van der Waals surface area contributed by atoms with Gasteiger partial charge in [-0.2, -0.15) is 5.10 Å². The van der Waals surface area contributed by atoms with Crippen molar-refractivity contribution in [3.63, 3.8) is 0 Å². The van der Waals surface area contributed by atoms with E-state index < -0.39 is 0 Å². The molecule has 4 heterocycles. The van der Waals surface area contributed by atoms with Crippen LogP contribution in [0.3, 0.4) is 0 Å². The van der Waals surface area contributed by atoms with Crippen molar-refractivity contribution in [2.45, 2.75) is 13.5 Å². The molecule has 1 aromatic carbocycles. The quantitative estimate of drug-likeness (QED) is 0.520. The molecular weight excluding hydrogens is 392 g/mol. The maximum absolute atomic E-state index is 11.5. The van der Waals surface area contributed by atoms with Crippen molar-refractivity contribution in [3.8, 4) is 22.9 Å². The maximum atomic E-state index is 11.5. The fraction of sp³-hybridized carbons (Fsp3) is 0.261. The molecule has 31 heavy (non-hydrogen) atoms. The Balaban J connectivity index is 1.25. The van der Waals surface area contributed by atoms with Gasteiger partial charge in [-0.05, 0) is 36.4 Å². The van der Waals surface area contributed by atoms with Crippen LogP contribution < -0.4 is 4.74 Å². The summed E-state index contributed by atoms with van der Waals surface area (Å²) in [5.41, 5.74) is 4.11. The summed E-state index contributed by atoms with van der Waals surface area (Å²) in [6.07, 6.45) is 3.48. The van der Waals surface area contributed by atoms with Crippen LogP contribution in [-0.4, -0.2) is 62.1 Å². The minimum atomic E-state index is 0.156. The van der Waals surface area contributed by atoms with Gasteiger partial charge in [0.1, 0.15) is 5.75 Å². The summed E-state index contributed by atoms with van der Waals surface area (Å²) < 4.78 is 5.95. The van der Waals surface area contributed by atoms with Gasteiger partial charge < -0.3 is 14.6 Å². The predicted molar refractivity (Wildman–Crippen MR) is 118 cm³/mol. The summed E-state index contributed by atoms with van der Waals surface area (Å²) >= 11 is 0. The summed E-state index contributed by atoms with van der Waals surface area (Å²) in [5.74, 6) is 1.44. The van der Waals surface area contributed by atoms with Crippen LogP contribution in [0.4, 0.5) is 0 Å². The SMILES string of the molecule is CC(=O)N1CCN(Cc2cc3cc(Oc4ccc(-c5ccn[nH]5)cn4)ccc3[nH]2)CC1. The molecular formula is C23H24N6O2. The normalized spacial score (nSPS) is 14.8. The lowest BCUT2D eigenvalue weighted by Gasteiger charge is -2.33. The maximum Gasteiger partial charge on any atom is 0.219 e. The van der Waals surface area contributed by atoms with E-state index in [0.717, 1.165) is 66.3 Å². The van der Waals surface area contributed by atoms with Crippen molar-refractivity contribution in [1.29, 1.82) is 0 Å². The molecule has 8 nitrogen and oxygen atoms in total. The predicted octanol–water partition coefficient (Wildman–Crippen LogP) is 3.41. The van der Waals surface area contributed by atoms with Gasteiger partial charge in [-0.3, -0.25) is 14.8 Å². The molecule has 3 aromatic heterocycles. The van der Waals surface area contributed by atoms with E-state index in [1.807, 2.05) is 41.3 Å². The molecule has 5 rings (SSSR count). The number of H-pyrrole nitrogens is 2. The molecule has 1 amide bonds. The van der Waals surface area contributed by atoms with E-state index in [1.165, 1.54) is 0 Å². The Morgan fingerprint density at radius 1 is 1.10 bits per heavy atom. The highest BCUT2D eigenvalue weighted by molar-refractivity contribution is 5.82. The second-order valence-corrected chi connectivity index (χ2v) is 7.78. The average Bonchev–Trinajstić information content (AvgIpc) is 3.44. The van der Waals surface area contributed by atoms with E-state index in [9.17, 15) is 4.79 Å². The summed E-state index contributed by atoms with van der Waals surface area (Å²) in [6.45, 7) is 5.84. The summed E-state index contributed by atoms with van der Waals surface area (Å²) in [7, 11) is 0. The minimum absolute atomic E-state index is 0.156. The van der Waals surface area contributed by atoms with Gasteiger partial charge in [0.25, 0.3) is 0 Å². The minimum Gasteiger partial charge on any atom is -0.439 e. The standard InChI is InChI=1S/C23H24N6O2/c1-16(30)29-10-8-28(9-11-29)15-19-12-18-13-20(3-4-21(18)26-19)31-23-5-2-17(14-24-23)22-6-7-25-27-22/h2-7,12-14,26H,8-11,15H2,1H3,(H,25,27). The highest BCUT2D eigenvalue weighted by Crippen LogP contribution is 2.27. The molecule has 2 N–H and O–H groups in total. The second-order valence-electron chi connectivity index (χ2n) is 7.78. The van der Waals surface area contributed by atoms with Crippen LogP contribution in [-0.2, 0) is 11.3 Å². The van der Waals surface area contributed by atoms with E-state index in [-0.39, 0.29) is 5.91 Å². The first-order chi connectivity index (χ1) is 15.1. The van der Waals surface area contributed by atoms with Crippen LogP contribution in [0.2, 0.25) is 0 Å². The van der Waals surface area contributed by atoms with Crippen molar-refractivity contribution in [1.82, 2.24) is 30.0 Å². The lowest BCUT2D eigenvalue weighted by molar-refractivity contribution is -0.130. The number of rotatable bonds is 5. The number of nitrogens with one attached hydrogen (secondary N) is 2. The second kappa shape index (κ2) is 8.23. The zero-order valence-electron chi connectivity index (χ0n) is 17.3. The number of hydrogen-bond acceptors (Lipinski definition) is 5. The Hall–Kier alpha value is -3.65. The van der Waals surface area contributed by atoms with Gasteiger partial charge in [-0.25, -0.2) is 4.98 Å². The summed E-state index contributed by atoms with van der Waals surface area (Å²) in [5, 5.41) is 7.99. The molecule has 158 valence electrons. The van der Waals surface area contributed by atoms with Crippen LogP contribution in [0.5, 0.6) is 11.6 Å². The van der Waals surface area contributed by atoms with E-state index in [2.05, 4.69) is 31.1 Å². The fourth-order valence-corrected chi connectivity index (χ4v) is 3.92. The number of amides is 1. The number of aromatic nitrogens is 4.